The second-order valence-electron chi connectivity index (χ2n) is 5.97. The van der Waals surface area contributed by atoms with Gasteiger partial charge in [0.25, 0.3) is 0 Å². The summed E-state index contributed by atoms with van der Waals surface area (Å²) in [6, 6.07) is 0. The number of nitrogens with zero attached hydrogens (tertiary/aromatic N) is 4. The number of nitrogen functional groups attached to an aromatic ring is 1. The molecule has 5 atom stereocenters. The van der Waals surface area contributed by atoms with Crippen LogP contribution < -0.4 is 5.73 Å². The van der Waals surface area contributed by atoms with Crippen LogP contribution in [0, 0.1) is 0 Å². The molecule has 0 aromatic carbocycles. The quantitative estimate of drug-likeness (QED) is 0.168. The van der Waals surface area contributed by atoms with Gasteiger partial charge in [-0.15, -0.1) is 3.97 Å². The number of aromatic nitrogens is 4. The molecule has 0 radical (unpaired) electrons. The molecule has 31 heavy (non-hydrogen) atoms. The highest BCUT2D eigenvalue weighted by molar-refractivity contribution is 7.85. The number of aliphatic hydroxyl groups excluding tert-OH is 1. The SMILES string of the molecule is Nc1ncnc2c1ncn2C1OC(COP(=O)(O)OS(=O)(=O)O)C(OP(=O)(O)O)C1O. The molecule has 0 aliphatic carbocycles. The van der Waals surface area contributed by atoms with Gasteiger partial charge in [0.1, 0.15) is 30.2 Å². The van der Waals surface area contributed by atoms with Crippen molar-refractivity contribution in [3.05, 3.63) is 12.7 Å². The summed E-state index contributed by atoms with van der Waals surface area (Å²) in [7, 11) is -16.0. The van der Waals surface area contributed by atoms with Crippen LogP contribution in [-0.2, 0) is 37.3 Å². The molecule has 0 saturated carbocycles. The summed E-state index contributed by atoms with van der Waals surface area (Å²) in [5.74, 6) is -0.0114. The lowest BCUT2D eigenvalue weighted by Crippen LogP contribution is -2.35. The fraction of sp³-hybridized carbons (Fsp3) is 0.500. The highest BCUT2D eigenvalue weighted by atomic mass is 32.3. The number of ether oxygens (including phenoxy) is 1. The number of anilines is 1. The summed E-state index contributed by atoms with van der Waals surface area (Å²) >= 11 is 0. The van der Waals surface area contributed by atoms with E-state index in [0.29, 0.717) is 0 Å². The van der Waals surface area contributed by atoms with Crippen LogP contribution in [0.2, 0.25) is 0 Å². The van der Waals surface area contributed by atoms with E-state index < -0.39 is 57.2 Å². The van der Waals surface area contributed by atoms with E-state index in [0.717, 1.165) is 17.2 Å². The zero-order chi connectivity index (χ0) is 23.2. The minimum atomic E-state index is -5.39. The fourth-order valence-corrected chi connectivity index (χ4v) is 4.77. The van der Waals surface area contributed by atoms with Crippen LogP contribution in [0.15, 0.2) is 12.7 Å². The van der Waals surface area contributed by atoms with Gasteiger partial charge in [-0.2, -0.15) is 8.42 Å². The highest BCUT2D eigenvalue weighted by Crippen LogP contribution is 2.48. The topological polar surface area (TPSA) is 276 Å². The van der Waals surface area contributed by atoms with Crippen molar-refractivity contribution in [2.75, 3.05) is 12.3 Å². The normalized spacial score (nSPS) is 26.9. The Labute approximate surface area is 172 Å². The lowest BCUT2D eigenvalue weighted by Gasteiger charge is -2.21. The van der Waals surface area contributed by atoms with Gasteiger partial charge in [0.15, 0.2) is 17.7 Å². The highest BCUT2D eigenvalue weighted by Gasteiger charge is 2.49. The number of nitrogens with two attached hydrogens (primary N) is 1. The van der Waals surface area contributed by atoms with Crippen molar-refractivity contribution in [3.63, 3.8) is 0 Å². The Balaban J connectivity index is 1.88. The first-order chi connectivity index (χ1) is 14.2. The molecule has 0 bridgehead atoms. The number of phosphoric acid groups is 2. The number of hydrogen-bond acceptors (Lipinski definition) is 13. The molecule has 5 unspecified atom stereocenters. The van der Waals surface area contributed by atoms with Gasteiger partial charge >= 0.3 is 26.0 Å². The number of phosphoric ester groups is 2. The number of hydrogen-bond donors (Lipinski definition) is 6. The van der Waals surface area contributed by atoms with E-state index in [1.165, 1.54) is 0 Å². The Bertz CT molecular complexity index is 1170. The van der Waals surface area contributed by atoms with Crippen LogP contribution in [0.3, 0.4) is 0 Å². The minimum absolute atomic E-state index is 0.0114. The molecule has 2 aromatic rings. The number of aliphatic hydroxyl groups is 1. The molecule has 0 amide bonds. The summed E-state index contributed by atoms with van der Waals surface area (Å²) in [5.41, 5.74) is 5.85. The van der Waals surface area contributed by atoms with Gasteiger partial charge in [-0.05, 0) is 0 Å². The lowest BCUT2D eigenvalue weighted by atomic mass is 10.1. The van der Waals surface area contributed by atoms with Crippen LogP contribution in [0.1, 0.15) is 6.23 Å². The largest absolute Gasteiger partial charge is 0.488 e. The molecular formula is C10H15N5O13P2S. The van der Waals surface area contributed by atoms with E-state index in [-0.39, 0.29) is 17.0 Å². The van der Waals surface area contributed by atoms with E-state index in [2.05, 4.69) is 28.0 Å². The molecule has 1 aliphatic heterocycles. The third-order valence-electron chi connectivity index (χ3n) is 3.82. The van der Waals surface area contributed by atoms with Crippen molar-refractivity contribution in [3.8, 4) is 0 Å². The monoisotopic (exact) mass is 507 g/mol. The molecule has 1 saturated heterocycles. The zero-order valence-corrected chi connectivity index (χ0v) is 17.4. The molecule has 1 fully saturated rings. The van der Waals surface area contributed by atoms with E-state index in [1.54, 1.807) is 0 Å². The van der Waals surface area contributed by atoms with Gasteiger partial charge in [0.2, 0.25) is 0 Å². The Hall–Kier alpha value is -1.60. The van der Waals surface area contributed by atoms with Gasteiger partial charge in [0, 0.05) is 0 Å². The fourth-order valence-electron chi connectivity index (χ4n) is 2.74. The second kappa shape index (κ2) is 8.39. The Morgan fingerprint density at radius 3 is 2.52 bits per heavy atom. The number of rotatable bonds is 8. The molecule has 21 heteroatoms. The maximum absolute atomic E-state index is 11.6. The summed E-state index contributed by atoms with van der Waals surface area (Å²) in [6.07, 6.45) is -4.54. The molecule has 7 N–H and O–H groups in total. The second-order valence-corrected chi connectivity index (χ2v) is 9.80. The number of imidazole rings is 1. The predicted octanol–water partition coefficient (Wildman–Crippen LogP) is -1.92. The van der Waals surface area contributed by atoms with E-state index >= 15 is 0 Å². The average molecular weight is 507 g/mol. The third kappa shape index (κ3) is 5.80. The summed E-state index contributed by atoms with van der Waals surface area (Å²) in [6.45, 7) is -1.06. The zero-order valence-electron chi connectivity index (χ0n) is 14.8. The molecule has 1 aliphatic rings. The Morgan fingerprint density at radius 1 is 1.23 bits per heavy atom. The van der Waals surface area contributed by atoms with E-state index in [4.69, 9.17) is 24.8 Å². The first kappa shape index (κ1) is 24.1. The van der Waals surface area contributed by atoms with Crippen molar-refractivity contribution < 1.29 is 59.6 Å². The Kier molecular flexibility index (Phi) is 6.51. The van der Waals surface area contributed by atoms with Crippen LogP contribution in [0.4, 0.5) is 5.82 Å². The summed E-state index contributed by atoms with van der Waals surface area (Å²) < 4.78 is 71.5. The smallest absolute Gasteiger partial charge is 0.386 e. The predicted molar refractivity (Wildman–Crippen MR) is 95.0 cm³/mol. The molecular weight excluding hydrogens is 492 g/mol. The van der Waals surface area contributed by atoms with Gasteiger partial charge < -0.3 is 30.3 Å². The molecule has 2 aromatic heterocycles. The standard InChI is InChI=1S/C10H15N5O13P2S/c11-8-5-9(13-2-12-8)15(3-14-5)10-6(16)7(27-29(17,18)19)4(26-10)1-25-30(20,21)28-31(22,23)24/h2-4,6-7,10,16H,1H2,(H,20,21)(H2,11,12,13)(H2,17,18,19)(H,22,23,24). The summed E-state index contributed by atoms with van der Waals surface area (Å²) in [5, 5.41) is 10.5. The van der Waals surface area contributed by atoms with Crippen molar-refractivity contribution >= 4 is 43.0 Å². The van der Waals surface area contributed by atoms with Crippen LogP contribution in [0.25, 0.3) is 11.2 Å². The van der Waals surface area contributed by atoms with Crippen molar-refractivity contribution in [2.45, 2.75) is 24.5 Å². The molecule has 3 rings (SSSR count). The van der Waals surface area contributed by atoms with Gasteiger partial charge in [0.05, 0.1) is 12.9 Å². The van der Waals surface area contributed by atoms with Crippen molar-refractivity contribution in [1.29, 1.82) is 0 Å². The molecule has 0 spiro atoms. The van der Waals surface area contributed by atoms with Gasteiger partial charge in [-0.1, -0.05) is 0 Å². The lowest BCUT2D eigenvalue weighted by molar-refractivity contribution is -0.0499. The molecule has 18 nitrogen and oxygen atoms in total. The first-order valence-electron chi connectivity index (χ1n) is 7.83. The van der Waals surface area contributed by atoms with E-state index in [9.17, 15) is 27.5 Å². The third-order valence-corrected chi connectivity index (χ3v) is 6.32. The van der Waals surface area contributed by atoms with Gasteiger partial charge in [-0.3, -0.25) is 18.2 Å². The van der Waals surface area contributed by atoms with Crippen molar-refractivity contribution in [2.24, 2.45) is 0 Å². The minimum Gasteiger partial charge on any atom is -0.386 e. The molecule has 3 heterocycles. The van der Waals surface area contributed by atoms with Crippen molar-refractivity contribution in [1.82, 2.24) is 19.5 Å². The number of fused-ring (bicyclic) bond motifs is 1. The maximum Gasteiger partial charge on any atom is 0.488 e. The van der Waals surface area contributed by atoms with Crippen LogP contribution >= 0.6 is 15.6 Å². The average Bonchev–Trinajstić information content (AvgIpc) is 3.13. The maximum atomic E-state index is 11.6. The van der Waals surface area contributed by atoms with Crippen LogP contribution in [-0.4, -0.2) is 77.2 Å². The first-order valence-corrected chi connectivity index (χ1v) is 12.2. The van der Waals surface area contributed by atoms with Gasteiger partial charge in [-0.25, -0.2) is 24.1 Å². The molecule has 174 valence electrons. The Morgan fingerprint density at radius 2 is 1.90 bits per heavy atom. The van der Waals surface area contributed by atoms with E-state index in [1.807, 2.05) is 0 Å². The summed E-state index contributed by atoms with van der Waals surface area (Å²) in [4.78, 5) is 39.1. The van der Waals surface area contributed by atoms with Crippen LogP contribution in [0.5, 0.6) is 0 Å².